The predicted octanol–water partition coefficient (Wildman–Crippen LogP) is 4.21. The lowest BCUT2D eigenvalue weighted by Gasteiger charge is -2.28. The number of halogens is 4. The number of carboxylic acid groups (broad SMARTS) is 1. The third kappa shape index (κ3) is 15.5. The maximum atomic E-state index is 13.4. The minimum atomic E-state index is -0.991. The Balaban J connectivity index is 0.000000824. The largest absolute Gasteiger partial charge is 0.480 e. The highest BCUT2D eigenvalue weighted by Gasteiger charge is 2.35. The molecule has 2 aromatic rings. The summed E-state index contributed by atoms with van der Waals surface area (Å²) in [5, 5.41) is 11.5. The quantitative estimate of drug-likeness (QED) is 0.223. The van der Waals surface area contributed by atoms with E-state index < -0.39 is 53.3 Å². The van der Waals surface area contributed by atoms with Crippen molar-refractivity contribution in [1.29, 1.82) is 0 Å². The molecule has 2 saturated heterocycles. The molecular weight excluding hydrogens is 741 g/mol. The predicted molar refractivity (Wildman–Crippen MR) is 202 cm³/mol. The lowest BCUT2D eigenvalue weighted by atomic mass is 10.0. The van der Waals surface area contributed by atoms with Gasteiger partial charge < -0.3 is 25.6 Å². The standard InChI is InChI=1S/C18H24F2N2O3.C10H11F2NO2.C8H15NO2.2H2S/c1-11(2)22-8-4-5-16(22)17(23)21-15(18(24)25-3)10-12-6-7-13(19)14(20)9-12;1-15-10(14)9(13)5-6-2-3-7(11)8(12)4-6;1-6(2)9-5-3-4-7(9)8(10)11;;/h6-7,9,11,15-16H,4-5,8,10H2,1-3H3,(H,21,23);2-4,9H,5,13H2,1H3;6-7H,3-5H2,1-2H3,(H,10,11);2*1H2/t15-,16+;9-;7-;;/m001../s1. The van der Waals surface area contributed by atoms with Gasteiger partial charge in [0.25, 0.3) is 0 Å². The summed E-state index contributed by atoms with van der Waals surface area (Å²) in [4.78, 5) is 50.4. The van der Waals surface area contributed by atoms with Gasteiger partial charge in [0.1, 0.15) is 18.1 Å². The third-order valence-electron chi connectivity index (χ3n) is 8.67. The van der Waals surface area contributed by atoms with Crippen molar-refractivity contribution >= 4 is 50.8 Å². The van der Waals surface area contributed by atoms with Crippen molar-refractivity contribution in [1.82, 2.24) is 15.1 Å². The molecule has 300 valence electrons. The molecule has 1 amide bonds. The van der Waals surface area contributed by atoms with Crippen LogP contribution in [-0.2, 0) is 41.5 Å². The van der Waals surface area contributed by atoms with Gasteiger partial charge in [-0.1, -0.05) is 12.1 Å². The van der Waals surface area contributed by atoms with Gasteiger partial charge in [0.05, 0.1) is 20.3 Å². The van der Waals surface area contributed by atoms with Crippen LogP contribution in [-0.4, -0.2) is 102 Å². The van der Waals surface area contributed by atoms with E-state index in [0.29, 0.717) is 17.2 Å². The van der Waals surface area contributed by atoms with Crippen molar-refractivity contribution in [3.8, 4) is 0 Å². The number of ether oxygens (including phenoxy) is 2. The second kappa shape index (κ2) is 24.1. The van der Waals surface area contributed by atoms with Gasteiger partial charge in [-0.25, -0.2) is 22.4 Å². The van der Waals surface area contributed by atoms with E-state index in [1.54, 1.807) is 0 Å². The number of benzene rings is 2. The number of hydrogen-bond acceptors (Lipinski definition) is 9. The monoisotopic (exact) mass is 794 g/mol. The molecule has 2 heterocycles. The van der Waals surface area contributed by atoms with Crippen LogP contribution < -0.4 is 11.1 Å². The summed E-state index contributed by atoms with van der Waals surface area (Å²) in [6.45, 7) is 9.90. The maximum Gasteiger partial charge on any atom is 0.328 e. The van der Waals surface area contributed by atoms with Crippen LogP contribution in [0.4, 0.5) is 17.6 Å². The number of nitrogens with one attached hydrogen (secondary N) is 1. The zero-order chi connectivity index (χ0) is 38.4. The number of methoxy groups -OCH3 is 2. The van der Waals surface area contributed by atoms with Crippen LogP contribution in [0.5, 0.6) is 0 Å². The fourth-order valence-corrected chi connectivity index (χ4v) is 6.02. The molecule has 0 spiro atoms. The number of rotatable bonds is 11. The molecule has 0 saturated carbocycles. The fourth-order valence-electron chi connectivity index (χ4n) is 6.02. The summed E-state index contributed by atoms with van der Waals surface area (Å²) >= 11 is 0. The molecule has 4 N–H and O–H groups in total. The Morgan fingerprint density at radius 3 is 1.58 bits per heavy atom. The van der Waals surface area contributed by atoms with Crippen LogP contribution in [0.15, 0.2) is 36.4 Å². The van der Waals surface area contributed by atoms with E-state index >= 15 is 0 Å². The lowest BCUT2D eigenvalue weighted by Crippen LogP contribution is -2.51. The van der Waals surface area contributed by atoms with Crippen molar-refractivity contribution in [3.05, 3.63) is 70.8 Å². The van der Waals surface area contributed by atoms with Gasteiger partial charge in [0, 0.05) is 18.5 Å². The van der Waals surface area contributed by atoms with E-state index in [1.807, 2.05) is 32.6 Å². The summed E-state index contributed by atoms with van der Waals surface area (Å²) in [5.41, 5.74) is 6.31. The summed E-state index contributed by atoms with van der Waals surface area (Å²) in [6.07, 6.45) is 3.63. The number of aliphatic carboxylic acids is 1. The molecule has 17 heteroatoms. The molecule has 4 atom stereocenters. The number of hydrogen-bond donors (Lipinski definition) is 3. The number of nitrogens with two attached hydrogens (primary N) is 1. The molecule has 2 aliphatic rings. The van der Waals surface area contributed by atoms with Crippen LogP contribution in [0.3, 0.4) is 0 Å². The molecule has 0 aliphatic carbocycles. The highest BCUT2D eigenvalue weighted by Crippen LogP contribution is 2.21. The molecule has 2 aromatic carbocycles. The average molecular weight is 795 g/mol. The lowest BCUT2D eigenvalue weighted by molar-refractivity contribution is -0.145. The van der Waals surface area contributed by atoms with Crippen LogP contribution in [0.1, 0.15) is 64.5 Å². The Labute approximate surface area is 322 Å². The molecule has 11 nitrogen and oxygen atoms in total. The summed E-state index contributed by atoms with van der Waals surface area (Å²) in [7, 11) is 2.44. The second-order valence-electron chi connectivity index (χ2n) is 12.9. The maximum absolute atomic E-state index is 13.4. The second-order valence-corrected chi connectivity index (χ2v) is 12.9. The van der Waals surface area contributed by atoms with Gasteiger partial charge >= 0.3 is 17.9 Å². The van der Waals surface area contributed by atoms with E-state index in [9.17, 15) is 36.7 Å². The number of esters is 2. The zero-order valence-electron chi connectivity index (χ0n) is 31.0. The van der Waals surface area contributed by atoms with Crippen LogP contribution >= 0.6 is 27.0 Å². The Hall–Kier alpha value is -3.38. The first-order valence-electron chi connectivity index (χ1n) is 16.8. The molecule has 0 bridgehead atoms. The minimum Gasteiger partial charge on any atom is -0.480 e. The van der Waals surface area contributed by atoms with Crippen molar-refractivity contribution in [3.63, 3.8) is 0 Å². The van der Waals surface area contributed by atoms with Crippen molar-refractivity contribution in [2.45, 2.75) is 102 Å². The molecule has 2 fully saturated rings. The first kappa shape index (κ1) is 49.6. The number of nitrogens with zero attached hydrogens (tertiary/aromatic N) is 2. The van der Waals surface area contributed by atoms with E-state index in [0.717, 1.165) is 63.0 Å². The molecule has 0 unspecified atom stereocenters. The van der Waals surface area contributed by atoms with Crippen molar-refractivity contribution in [2.24, 2.45) is 5.73 Å². The molecule has 0 radical (unpaired) electrons. The Bertz CT molecular complexity index is 1490. The van der Waals surface area contributed by atoms with E-state index in [1.165, 1.54) is 26.4 Å². The van der Waals surface area contributed by atoms with Gasteiger partial charge in [0.15, 0.2) is 23.3 Å². The smallest absolute Gasteiger partial charge is 0.328 e. The SMILES string of the molecule is CC(C)N1CCC[C@@H]1C(=O)O.COC(=O)[C@@H](N)Cc1ccc(F)c(F)c1.COC(=O)[C@H](Cc1ccc(F)c(F)c1)NC(=O)[C@H]1CCCN1C(C)C.S.S. The molecule has 2 aliphatic heterocycles. The van der Waals surface area contributed by atoms with Crippen molar-refractivity contribution < 1.29 is 51.3 Å². The molecular formula is C36H54F4N4O7S2. The number of carbonyl (C=O) groups is 4. The first-order valence-corrected chi connectivity index (χ1v) is 16.8. The number of amides is 1. The highest BCUT2D eigenvalue weighted by atomic mass is 32.1. The molecule has 4 rings (SSSR count). The Kier molecular flexibility index (Phi) is 22.6. The average Bonchev–Trinajstić information content (AvgIpc) is 3.79. The third-order valence-corrected chi connectivity index (χ3v) is 8.67. The summed E-state index contributed by atoms with van der Waals surface area (Å²) in [6, 6.07) is 5.04. The Morgan fingerprint density at radius 1 is 0.755 bits per heavy atom. The van der Waals surface area contributed by atoms with Crippen LogP contribution in [0.25, 0.3) is 0 Å². The summed E-state index contributed by atoms with van der Waals surface area (Å²) in [5.74, 6) is -5.95. The summed E-state index contributed by atoms with van der Waals surface area (Å²) < 4.78 is 60.9. The first-order chi connectivity index (χ1) is 24.0. The highest BCUT2D eigenvalue weighted by molar-refractivity contribution is 7.59. The van der Waals surface area contributed by atoms with Gasteiger partial charge in [-0.05, 0) is 108 Å². The van der Waals surface area contributed by atoms with Crippen LogP contribution in [0, 0.1) is 23.3 Å². The fraction of sp³-hybridized carbons (Fsp3) is 0.556. The van der Waals surface area contributed by atoms with Crippen LogP contribution in [0.2, 0.25) is 0 Å². The van der Waals surface area contributed by atoms with E-state index in [4.69, 9.17) is 15.6 Å². The number of likely N-dealkylation sites (tertiary alicyclic amines) is 2. The molecule has 53 heavy (non-hydrogen) atoms. The topological polar surface area (TPSA) is 152 Å². The van der Waals surface area contributed by atoms with E-state index in [-0.39, 0.29) is 63.9 Å². The van der Waals surface area contributed by atoms with Gasteiger partial charge in [-0.2, -0.15) is 27.0 Å². The minimum absolute atomic E-state index is 0. The van der Waals surface area contributed by atoms with Gasteiger partial charge in [0.2, 0.25) is 5.91 Å². The Morgan fingerprint density at radius 2 is 1.19 bits per heavy atom. The van der Waals surface area contributed by atoms with Crippen molar-refractivity contribution in [2.75, 3.05) is 27.3 Å². The van der Waals surface area contributed by atoms with Gasteiger partial charge in [-0.3, -0.25) is 24.2 Å². The van der Waals surface area contributed by atoms with E-state index in [2.05, 4.69) is 15.0 Å². The number of carbonyl (C=O) groups excluding carboxylic acids is 3. The molecule has 0 aromatic heterocycles. The normalized spacial score (nSPS) is 17.9. The zero-order valence-corrected chi connectivity index (χ0v) is 33.0. The van der Waals surface area contributed by atoms with Gasteiger partial charge in [-0.15, -0.1) is 0 Å². The number of carboxylic acids is 1.